The number of hydrogen-bond donors (Lipinski definition) is 1. The number of fused-ring (bicyclic) bond motifs is 1. The van der Waals surface area contributed by atoms with Gasteiger partial charge in [-0.05, 0) is 24.1 Å². The number of imidazole rings is 1. The molecule has 0 bridgehead atoms. The lowest BCUT2D eigenvalue weighted by molar-refractivity contribution is 0.0924. The van der Waals surface area contributed by atoms with Gasteiger partial charge in [0.15, 0.2) is 5.76 Å². The summed E-state index contributed by atoms with van der Waals surface area (Å²) in [5, 5.41) is 3.91. The quantitative estimate of drug-likeness (QED) is 0.596. The van der Waals surface area contributed by atoms with Gasteiger partial charge in [-0.2, -0.15) is 0 Å². The summed E-state index contributed by atoms with van der Waals surface area (Å²) in [7, 11) is 0. The van der Waals surface area contributed by atoms with E-state index in [1.54, 1.807) is 12.5 Å². The molecule has 2 aromatic carbocycles. The first-order valence-electron chi connectivity index (χ1n) is 8.50. The van der Waals surface area contributed by atoms with Gasteiger partial charge in [0.2, 0.25) is 0 Å². The predicted molar refractivity (Wildman–Crippen MR) is 99.9 cm³/mol. The summed E-state index contributed by atoms with van der Waals surface area (Å²) in [5.74, 6) is 0.184. The van der Waals surface area contributed by atoms with Gasteiger partial charge in [-0.1, -0.05) is 42.5 Å². The van der Waals surface area contributed by atoms with E-state index >= 15 is 0 Å². The molecular formula is C21H19N3O2. The molecule has 130 valence electrons. The molecule has 0 aliphatic rings. The maximum Gasteiger partial charge on any atom is 0.287 e. The van der Waals surface area contributed by atoms with Gasteiger partial charge in [-0.3, -0.25) is 4.79 Å². The van der Waals surface area contributed by atoms with Crippen LogP contribution < -0.4 is 5.32 Å². The highest BCUT2D eigenvalue weighted by Gasteiger charge is 2.16. The molecule has 2 aromatic heterocycles. The number of benzene rings is 2. The van der Waals surface area contributed by atoms with Gasteiger partial charge >= 0.3 is 0 Å². The second-order valence-electron chi connectivity index (χ2n) is 6.29. The minimum atomic E-state index is -0.193. The third kappa shape index (κ3) is 3.24. The summed E-state index contributed by atoms with van der Waals surface area (Å²) >= 11 is 0. The fourth-order valence-corrected chi connectivity index (χ4v) is 3.01. The van der Waals surface area contributed by atoms with Crippen LogP contribution in [0.15, 0.2) is 71.7 Å². The molecular weight excluding hydrogens is 326 g/mol. The monoisotopic (exact) mass is 345 g/mol. The van der Waals surface area contributed by atoms with E-state index in [1.165, 1.54) is 5.56 Å². The molecule has 4 aromatic rings. The van der Waals surface area contributed by atoms with Crippen molar-refractivity contribution in [2.75, 3.05) is 0 Å². The number of nitrogens with one attached hydrogen (secondary N) is 1. The van der Waals surface area contributed by atoms with E-state index < -0.39 is 0 Å². The highest BCUT2D eigenvalue weighted by molar-refractivity contribution is 5.98. The van der Waals surface area contributed by atoms with Crippen molar-refractivity contribution >= 4 is 16.9 Å². The Balaban J connectivity index is 1.41. The zero-order valence-corrected chi connectivity index (χ0v) is 14.5. The Labute approximate surface area is 151 Å². The highest BCUT2D eigenvalue weighted by Crippen LogP contribution is 2.24. The Kier molecular flexibility index (Phi) is 4.27. The van der Waals surface area contributed by atoms with E-state index in [0.717, 1.165) is 28.6 Å². The normalized spacial score (nSPS) is 11.0. The molecule has 0 unspecified atom stereocenters. The Morgan fingerprint density at radius 3 is 2.62 bits per heavy atom. The Morgan fingerprint density at radius 2 is 1.88 bits per heavy atom. The van der Waals surface area contributed by atoms with Gasteiger partial charge < -0.3 is 14.3 Å². The molecule has 0 spiro atoms. The number of aryl methyl sites for hydroxylation is 1. The van der Waals surface area contributed by atoms with Crippen LogP contribution in [0, 0.1) is 6.92 Å². The molecule has 0 saturated carbocycles. The van der Waals surface area contributed by atoms with Gasteiger partial charge in [-0.25, -0.2) is 4.98 Å². The zero-order valence-electron chi connectivity index (χ0n) is 14.5. The van der Waals surface area contributed by atoms with Crippen molar-refractivity contribution in [2.24, 2.45) is 0 Å². The molecule has 5 nitrogen and oxygen atoms in total. The van der Waals surface area contributed by atoms with E-state index in [9.17, 15) is 4.79 Å². The van der Waals surface area contributed by atoms with Crippen molar-refractivity contribution in [3.8, 4) is 0 Å². The molecule has 5 heteroatoms. The third-order valence-corrected chi connectivity index (χ3v) is 4.45. The largest absolute Gasteiger partial charge is 0.451 e. The molecule has 0 fully saturated rings. The van der Waals surface area contributed by atoms with Crippen LogP contribution in [0.1, 0.15) is 27.2 Å². The number of amides is 1. The van der Waals surface area contributed by atoms with Gasteiger partial charge in [0.05, 0.1) is 6.33 Å². The number of carbonyl (C=O) groups excluding carboxylic acids is 1. The van der Waals surface area contributed by atoms with Crippen molar-refractivity contribution in [3.05, 3.63) is 89.7 Å². The molecule has 0 aliphatic carbocycles. The number of furan rings is 1. The topological polar surface area (TPSA) is 60.1 Å². The van der Waals surface area contributed by atoms with Crippen molar-refractivity contribution < 1.29 is 9.21 Å². The highest BCUT2D eigenvalue weighted by atomic mass is 16.3. The predicted octanol–water partition coefficient (Wildman–Crippen LogP) is 3.92. The standard InChI is InChI=1S/C21H19N3O2/c1-15-18-4-2-3-5-19(18)26-20(15)21(25)23-12-16-6-8-17(9-7-16)13-24-11-10-22-14-24/h2-11,14H,12-13H2,1H3,(H,23,25). The molecule has 0 atom stereocenters. The van der Waals surface area contributed by atoms with Crippen LogP contribution in [-0.2, 0) is 13.1 Å². The SMILES string of the molecule is Cc1c(C(=O)NCc2ccc(Cn3ccnc3)cc2)oc2ccccc12. The molecule has 26 heavy (non-hydrogen) atoms. The lowest BCUT2D eigenvalue weighted by Crippen LogP contribution is -2.22. The minimum Gasteiger partial charge on any atom is -0.451 e. The number of hydrogen-bond acceptors (Lipinski definition) is 3. The second-order valence-corrected chi connectivity index (χ2v) is 6.29. The molecule has 0 radical (unpaired) electrons. The number of para-hydroxylation sites is 1. The first-order chi connectivity index (χ1) is 12.7. The summed E-state index contributed by atoms with van der Waals surface area (Å²) < 4.78 is 7.72. The van der Waals surface area contributed by atoms with Gasteiger partial charge in [-0.15, -0.1) is 0 Å². The Morgan fingerprint density at radius 1 is 1.12 bits per heavy atom. The van der Waals surface area contributed by atoms with Crippen LogP contribution in [0.5, 0.6) is 0 Å². The van der Waals surface area contributed by atoms with Crippen LogP contribution in [-0.4, -0.2) is 15.5 Å². The smallest absolute Gasteiger partial charge is 0.287 e. The lowest BCUT2D eigenvalue weighted by atomic mass is 10.1. The van der Waals surface area contributed by atoms with Gasteiger partial charge in [0, 0.05) is 36.4 Å². The molecule has 1 amide bonds. The lowest BCUT2D eigenvalue weighted by Gasteiger charge is -2.06. The minimum absolute atomic E-state index is 0.193. The third-order valence-electron chi connectivity index (χ3n) is 4.45. The first-order valence-corrected chi connectivity index (χ1v) is 8.50. The number of carbonyl (C=O) groups is 1. The maximum atomic E-state index is 12.5. The second kappa shape index (κ2) is 6.88. The van der Waals surface area contributed by atoms with E-state index in [-0.39, 0.29) is 5.91 Å². The average Bonchev–Trinajstić information content (AvgIpc) is 3.29. The van der Waals surface area contributed by atoms with Crippen molar-refractivity contribution in [3.63, 3.8) is 0 Å². The first kappa shape index (κ1) is 16.1. The van der Waals surface area contributed by atoms with E-state index in [0.29, 0.717) is 12.3 Å². The summed E-state index contributed by atoms with van der Waals surface area (Å²) in [4.78, 5) is 16.5. The van der Waals surface area contributed by atoms with Crippen LogP contribution >= 0.6 is 0 Å². The van der Waals surface area contributed by atoms with E-state index in [1.807, 2.05) is 54.1 Å². The fraction of sp³-hybridized carbons (Fsp3) is 0.143. The maximum absolute atomic E-state index is 12.5. The molecule has 2 heterocycles. The molecule has 0 aliphatic heterocycles. The van der Waals surface area contributed by atoms with Gasteiger partial charge in [0.1, 0.15) is 5.58 Å². The Bertz CT molecular complexity index is 1030. The Hall–Kier alpha value is -3.34. The number of rotatable bonds is 5. The van der Waals surface area contributed by atoms with Crippen molar-refractivity contribution in [1.82, 2.24) is 14.9 Å². The zero-order chi connectivity index (χ0) is 17.9. The summed E-state index contributed by atoms with van der Waals surface area (Å²) in [6.45, 7) is 3.15. The van der Waals surface area contributed by atoms with Crippen LogP contribution in [0.3, 0.4) is 0 Å². The van der Waals surface area contributed by atoms with Crippen LogP contribution in [0.2, 0.25) is 0 Å². The van der Waals surface area contributed by atoms with Crippen molar-refractivity contribution in [1.29, 1.82) is 0 Å². The molecule has 4 rings (SSSR count). The van der Waals surface area contributed by atoms with E-state index in [2.05, 4.69) is 22.4 Å². The number of nitrogens with zero attached hydrogens (tertiary/aromatic N) is 2. The van der Waals surface area contributed by atoms with Crippen LogP contribution in [0.25, 0.3) is 11.0 Å². The van der Waals surface area contributed by atoms with Crippen LogP contribution in [0.4, 0.5) is 0 Å². The fourth-order valence-electron chi connectivity index (χ4n) is 3.01. The number of aromatic nitrogens is 2. The van der Waals surface area contributed by atoms with Crippen molar-refractivity contribution in [2.45, 2.75) is 20.0 Å². The summed E-state index contributed by atoms with van der Waals surface area (Å²) in [6.07, 6.45) is 5.50. The van der Waals surface area contributed by atoms with Gasteiger partial charge in [0.25, 0.3) is 5.91 Å². The molecule has 1 N–H and O–H groups in total. The average molecular weight is 345 g/mol. The summed E-state index contributed by atoms with van der Waals surface area (Å²) in [5.41, 5.74) is 3.83. The summed E-state index contributed by atoms with van der Waals surface area (Å²) in [6, 6.07) is 15.9. The molecule has 0 saturated heterocycles. The van der Waals surface area contributed by atoms with E-state index in [4.69, 9.17) is 4.42 Å².